The Kier molecular flexibility index (Phi) is 5.75. The molecule has 0 aliphatic carbocycles. The molecule has 5 rings (SSSR count). The zero-order valence-electron chi connectivity index (χ0n) is 18.4. The van der Waals surface area contributed by atoms with Gasteiger partial charge in [-0.05, 0) is 23.8 Å². The highest BCUT2D eigenvalue weighted by atomic mass is 19.4. The van der Waals surface area contributed by atoms with Gasteiger partial charge in [0.25, 0.3) is 0 Å². The molecule has 182 valence electrons. The summed E-state index contributed by atoms with van der Waals surface area (Å²) in [6.45, 7) is 0. The Balaban J connectivity index is 1.60. The van der Waals surface area contributed by atoms with Crippen LogP contribution in [0.3, 0.4) is 0 Å². The maximum atomic E-state index is 14.9. The Bertz CT molecular complexity index is 1580. The van der Waals surface area contributed by atoms with Gasteiger partial charge in [-0.2, -0.15) is 17.6 Å². The van der Waals surface area contributed by atoms with E-state index in [9.17, 15) is 27.7 Å². The molecule has 7 nitrogen and oxygen atoms in total. The molecule has 0 saturated carbocycles. The summed E-state index contributed by atoms with van der Waals surface area (Å²) in [5, 5.41) is 11.2. The number of imidazole rings is 1. The minimum atomic E-state index is -4.60. The van der Waals surface area contributed by atoms with Crippen molar-refractivity contribution in [2.75, 3.05) is 0 Å². The lowest BCUT2D eigenvalue weighted by molar-refractivity contribution is -0.387. The van der Waals surface area contributed by atoms with Crippen LogP contribution in [-0.2, 0) is 19.0 Å². The van der Waals surface area contributed by atoms with E-state index in [1.165, 1.54) is 24.4 Å². The number of furan rings is 1. The van der Waals surface area contributed by atoms with Gasteiger partial charge in [0.15, 0.2) is 5.65 Å². The molecule has 5 aromatic rings. The van der Waals surface area contributed by atoms with Crippen molar-refractivity contribution < 1.29 is 26.9 Å². The summed E-state index contributed by atoms with van der Waals surface area (Å²) in [4.78, 5) is 19.5. The SMILES string of the molecule is O=[N+]([O-])c1cccc(-c2cn3cc(Cc4ccc(C(F)(F)F)o4)nc3c(Cc3ccccc3)n2)c1F. The molecule has 2 aromatic carbocycles. The van der Waals surface area contributed by atoms with Crippen molar-refractivity contribution in [1.29, 1.82) is 0 Å². The van der Waals surface area contributed by atoms with Crippen LogP contribution < -0.4 is 0 Å². The number of halogens is 4. The second-order valence-electron chi connectivity index (χ2n) is 8.03. The van der Waals surface area contributed by atoms with E-state index in [-0.39, 0.29) is 23.4 Å². The Morgan fingerprint density at radius 3 is 2.42 bits per heavy atom. The Labute approximate surface area is 200 Å². The van der Waals surface area contributed by atoms with Crippen molar-refractivity contribution >= 4 is 11.3 Å². The number of aromatic nitrogens is 3. The van der Waals surface area contributed by atoms with Crippen molar-refractivity contribution in [3.05, 3.63) is 117 Å². The summed E-state index contributed by atoms with van der Waals surface area (Å²) < 4.78 is 60.1. The highest BCUT2D eigenvalue weighted by molar-refractivity contribution is 5.65. The second-order valence-corrected chi connectivity index (χ2v) is 8.03. The highest BCUT2D eigenvalue weighted by Crippen LogP contribution is 2.32. The molecule has 0 bridgehead atoms. The number of fused-ring (bicyclic) bond motifs is 1. The zero-order valence-corrected chi connectivity index (χ0v) is 18.4. The maximum absolute atomic E-state index is 14.9. The van der Waals surface area contributed by atoms with E-state index in [4.69, 9.17) is 4.42 Å². The largest absolute Gasteiger partial charge is 0.456 e. The molecular formula is C25H16F4N4O3. The van der Waals surface area contributed by atoms with Crippen LogP contribution in [0.15, 0.2) is 77.5 Å². The van der Waals surface area contributed by atoms with Crippen LogP contribution in [0.2, 0.25) is 0 Å². The topological polar surface area (TPSA) is 86.5 Å². The van der Waals surface area contributed by atoms with E-state index in [1.807, 2.05) is 30.3 Å². The number of hydrogen-bond acceptors (Lipinski definition) is 5. The third kappa shape index (κ3) is 4.54. The van der Waals surface area contributed by atoms with E-state index >= 15 is 0 Å². The average Bonchev–Trinajstić information content (AvgIpc) is 3.47. The lowest BCUT2D eigenvalue weighted by Crippen LogP contribution is -2.02. The summed E-state index contributed by atoms with van der Waals surface area (Å²) in [6.07, 6.45) is -1.22. The van der Waals surface area contributed by atoms with Crippen molar-refractivity contribution in [3.8, 4) is 11.3 Å². The highest BCUT2D eigenvalue weighted by Gasteiger charge is 2.34. The molecule has 0 atom stereocenters. The van der Waals surface area contributed by atoms with Crippen molar-refractivity contribution in [3.63, 3.8) is 0 Å². The van der Waals surface area contributed by atoms with E-state index in [0.29, 0.717) is 23.5 Å². The first-order valence-corrected chi connectivity index (χ1v) is 10.7. The Hall–Kier alpha value is -4.54. The van der Waals surface area contributed by atoms with Gasteiger partial charge in [0.2, 0.25) is 11.6 Å². The standard InChI is InChI=1S/C25H16F4N4O3/c26-23-18(7-4-8-21(23)33(34)35)20-14-32-13-16(12-17-9-10-22(36-17)25(27,28)29)30-24(32)19(31-20)11-15-5-2-1-3-6-15/h1-10,13-14H,11-12H2. The quantitative estimate of drug-likeness (QED) is 0.158. The van der Waals surface area contributed by atoms with Gasteiger partial charge in [0.1, 0.15) is 5.76 Å². The number of alkyl halides is 3. The first kappa shape index (κ1) is 23.2. The fourth-order valence-electron chi connectivity index (χ4n) is 3.90. The van der Waals surface area contributed by atoms with E-state index in [0.717, 1.165) is 17.7 Å². The molecule has 0 aliphatic heterocycles. The van der Waals surface area contributed by atoms with E-state index in [1.54, 1.807) is 10.6 Å². The molecule has 3 aromatic heterocycles. The summed E-state index contributed by atoms with van der Waals surface area (Å²) in [6, 6.07) is 15.2. The third-order valence-corrected chi connectivity index (χ3v) is 5.52. The molecule has 11 heteroatoms. The van der Waals surface area contributed by atoms with Crippen molar-refractivity contribution in [2.24, 2.45) is 0 Å². The van der Waals surface area contributed by atoms with Gasteiger partial charge < -0.3 is 8.82 Å². The minimum Gasteiger partial charge on any atom is -0.456 e. The number of benzene rings is 2. The molecule has 0 amide bonds. The molecule has 0 spiro atoms. The summed E-state index contributed by atoms with van der Waals surface area (Å²) in [7, 11) is 0. The maximum Gasteiger partial charge on any atom is 0.449 e. The van der Waals surface area contributed by atoms with Crippen LogP contribution in [-0.4, -0.2) is 19.3 Å². The molecule has 0 unspecified atom stereocenters. The van der Waals surface area contributed by atoms with Gasteiger partial charge in [-0.25, -0.2) is 9.97 Å². The smallest absolute Gasteiger partial charge is 0.449 e. The van der Waals surface area contributed by atoms with Crippen LogP contribution >= 0.6 is 0 Å². The van der Waals surface area contributed by atoms with Gasteiger partial charge in [0.05, 0.1) is 22.0 Å². The Morgan fingerprint density at radius 2 is 1.72 bits per heavy atom. The number of rotatable bonds is 6. The first-order valence-electron chi connectivity index (χ1n) is 10.7. The molecule has 3 heterocycles. The summed E-state index contributed by atoms with van der Waals surface area (Å²) in [5.74, 6) is -2.04. The summed E-state index contributed by atoms with van der Waals surface area (Å²) >= 11 is 0. The van der Waals surface area contributed by atoms with Crippen LogP contribution in [0, 0.1) is 15.9 Å². The first-order chi connectivity index (χ1) is 17.2. The molecular weight excluding hydrogens is 480 g/mol. The number of hydrogen-bond donors (Lipinski definition) is 0. The predicted molar refractivity (Wildman–Crippen MR) is 121 cm³/mol. The monoisotopic (exact) mass is 496 g/mol. The normalized spacial score (nSPS) is 11.8. The molecule has 0 radical (unpaired) electrons. The molecule has 0 aliphatic rings. The molecule has 0 N–H and O–H groups in total. The zero-order chi connectivity index (χ0) is 25.4. The van der Waals surface area contributed by atoms with E-state index < -0.39 is 28.4 Å². The number of nitrogens with zero attached hydrogens (tertiary/aromatic N) is 4. The Morgan fingerprint density at radius 1 is 0.944 bits per heavy atom. The lowest BCUT2D eigenvalue weighted by atomic mass is 10.1. The third-order valence-electron chi connectivity index (χ3n) is 5.52. The fourth-order valence-corrected chi connectivity index (χ4v) is 3.90. The minimum absolute atomic E-state index is 0.0109. The molecule has 0 saturated heterocycles. The number of nitro benzene ring substituents is 1. The fraction of sp³-hybridized carbons (Fsp3) is 0.120. The predicted octanol–water partition coefficient (Wildman–Crippen LogP) is 6.24. The average molecular weight is 496 g/mol. The van der Waals surface area contributed by atoms with Crippen LogP contribution in [0.1, 0.15) is 28.5 Å². The van der Waals surface area contributed by atoms with Crippen LogP contribution in [0.25, 0.3) is 16.9 Å². The van der Waals surface area contributed by atoms with Crippen LogP contribution in [0.4, 0.5) is 23.2 Å². The van der Waals surface area contributed by atoms with Gasteiger partial charge >= 0.3 is 11.9 Å². The summed E-state index contributed by atoms with van der Waals surface area (Å²) in [5.41, 5.74) is 1.60. The molecule has 36 heavy (non-hydrogen) atoms. The van der Waals surface area contributed by atoms with Gasteiger partial charge in [-0.1, -0.05) is 36.4 Å². The van der Waals surface area contributed by atoms with Crippen LogP contribution in [0.5, 0.6) is 0 Å². The number of nitro groups is 1. The van der Waals surface area contributed by atoms with Gasteiger partial charge in [0, 0.05) is 36.9 Å². The van der Waals surface area contributed by atoms with Crippen molar-refractivity contribution in [2.45, 2.75) is 19.0 Å². The van der Waals surface area contributed by atoms with E-state index in [2.05, 4.69) is 9.97 Å². The molecule has 0 fully saturated rings. The van der Waals surface area contributed by atoms with Gasteiger partial charge in [-0.15, -0.1) is 0 Å². The lowest BCUT2D eigenvalue weighted by Gasteiger charge is -2.09. The van der Waals surface area contributed by atoms with Crippen molar-refractivity contribution in [1.82, 2.24) is 14.4 Å². The van der Waals surface area contributed by atoms with Gasteiger partial charge in [-0.3, -0.25) is 10.1 Å². The second kappa shape index (κ2) is 8.91.